The van der Waals surface area contributed by atoms with Crippen LogP contribution in [-0.2, 0) is 14.3 Å². The van der Waals surface area contributed by atoms with Crippen LogP contribution in [0.25, 0.3) is 0 Å². The summed E-state index contributed by atoms with van der Waals surface area (Å²) in [5.41, 5.74) is -1.05. The van der Waals surface area contributed by atoms with E-state index in [0.29, 0.717) is 35.5 Å². The monoisotopic (exact) mass is 376 g/mol. The highest BCUT2D eigenvalue weighted by Gasteiger charge is 2.66. The van der Waals surface area contributed by atoms with Crippen molar-refractivity contribution in [2.75, 3.05) is 0 Å². The molecule has 4 heteroatoms. The quantitative estimate of drug-likeness (QED) is 0.731. The van der Waals surface area contributed by atoms with Gasteiger partial charge in [0.2, 0.25) is 0 Å². The van der Waals surface area contributed by atoms with Gasteiger partial charge in [-0.05, 0) is 93.8 Å². The third-order valence-corrected chi connectivity index (χ3v) is 9.68. The fourth-order valence-corrected chi connectivity index (χ4v) is 8.15. The zero-order chi connectivity index (χ0) is 19.6. The molecule has 0 amide bonds. The van der Waals surface area contributed by atoms with Crippen LogP contribution in [0.3, 0.4) is 0 Å². The Balaban J connectivity index is 1.56. The van der Waals surface area contributed by atoms with Crippen molar-refractivity contribution in [1.82, 2.24) is 0 Å². The number of ketones is 1. The van der Waals surface area contributed by atoms with Gasteiger partial charge in [-0.15, -0.1) is 0 Å². The predicted octanol–water partition coefficient (Wildman–Crippen LogP) is 4.28. The number of esters is 1. The van der Waals surface area contributed by atoms with Crippen molar-refractivity contribution >= 4 is 11.8 Å². The molecule has 8 atom stereocenters. The van der Waals surface area contributed by atoms with Gasteiger partial charge in [0.1, 0.15) is 11.7 Å². The number of Topliss-reactive ketones (excluding diaryl/α,β-unsaturated/α-hetero) is 1. The van der Waals surface area contributed by atoms with Crippen molar-refractivity contribution in [1.29, 1.82) is 0 Å². The number of fused-ring (bicyclic) bond motifs is 5. The number of hydrogen-bond donors (Lipinski definition) is 1. The second kappa shape index (κ2) is 6.30. The van der Waals surface area contributed by atoms with Gasteiger partial charge >= 0.3 is 5.97 Å². The highest BCUT2D eigenvalue weighted by atomic mass is 16.5. The molecule has 4 fully saturated rings. The Morgan fingerprint density at radius 2 is 1.63 bits per heavy atom. The smallest absolute Gasteiger partial charge is 0.302 e. The summed E-state index contributed by atoms with van der Waals surface area (Å²) >= 11 is 0. The van der Waals surface area contributed by atoms with Crippen LogP contribution in [0.4, 0.5) is 0 Å². The lowest BCUT2D eigenvalue weighted by Gasteiger charge is -2.61. The normalized spacial score (nSPS) is 51.7. The van der Waals surface area contributed by atoms with E-state index in [2.05, 4.69) is 13.8 Å². The van der Waals surface area contributed by atoms with Gasteiger partial charge in [0.05, 0.1) is 0 Å². The van der Waals surface area contributed by atoms with E-state index in [-0.39, 0.29) is 23.3 Å². The lowest BCUT2D eigenvalue weighted by atomic mass is 9.44. The van der Waals surface area contributed by atoms with E-state index in [4.69, 9.17) is 4.74 Å². The first-order chi connectivity index (χ1) is 12.6. The maximum atomic E-state index is 12.3. The van der Waals surface area contributed by atoms with Crippen LogP contribution in [0.5, 0.6) is 0 Å². The lowest BCUT2D eigenvalue weighted by molar-refractivity contribution is -0.175. The number of rotatable bonds is 2. The molecule has 0 bridgehead atoms. The summed E-state index contributed by atoms with van der Waals surface area (Å²) in [6.45, 7) is 7.76. The molecule has 8 unspecified atom stereocenters. The van der Waals surface area contributed by atoms with E-state index >= 15 is 0 Å². The van der Waals surface area contributed by atoms with E-state index in [1.165, 1.54) is 19.8 Å². The van der Waals surface area contributed by atoms with E-state index in [1.54, 1.807) is 6.92 Å². The molecular formula is C23H36O4. The average Bonchev–Trinajstić information content (AvgIpc) is 2.87. The van der Waals surface area contributed by atoms with Crippen LogP contribution in [0.1, 0.15) is 85.5 Å². The molecule has 4 nitrogen and oxygen atoms in total. The van der Waals surface area contributed by atoms with Crippen LogP contribution in [0, 0.1) is 34.5 Å². The van der Waals surface area contributed by atoms with Crippen LogP contribution in [0.15, 0.2) is 0 Å². The Morgan fingerprint density at radius 1 is 0.926 bits per heavy atom. The van der Waals surface area contributed by atoms with Gasteiger partial charge in [0.25, 0.3) is 0 Å². The molecule has 4 aliphatic rings. The molecule has 0 saturated heterocycles. The number of aliphatic hydroxyl groups is 1. The van der Waals surface area contributed by atoms with E-state index in [0.717, 1.165) is 38.5 Å². The van der Waals surface area contributed by atoms with Crippen molar-refractivity contribution in [2.24, 2.45) is 34.5 Å². The first-order valence-electron chi connectivity index (χ1n) is 11.0. The summed E-state index contributed by atoms with van der Waals surface area (Å²) in [5.74, 6) is 2.22. The number of hydrogen-bond acceptors (Lipinski definition) is 4. The number of ether oxygens (including phenoxy) is 1. The van der Waals surface area contributed by atoms with Gasteiger partial charge in [0, 0.05) is 12.3 Å². The minimum Gasteiger partial charge on any atom is -0.463 e. The molecule has 0 radical (unpaired) electrons. The van der Waals surface area contributed by atoms with E-state index < -0.39 is 5.60 Å². The maximum absolute atomic E-state index is 12.3. The minimum atomic E-state index is -1.12. The van der Waals surface area contributed by atoms with Gasteiger partial charge in [-0.1, -0.05) is 13.8 Å². The molecule has 0 aromatic carbocycles. The van der Waals surface area contributed by atoms with Crippen molar-refractivity contribution in [3.05, 3.63) is 0 Å². The average molecular weight is 377 g/mol. The summed E-state index contributed by atoms with van der Waals surface area (Å²) in [6, 6.07) is 0. The zero-order valence-electron chi connectivity index (χ0n) is 17.4. The molecule has 0 aliphatic heterocycles. The summed E-state index contributed by atoms with van der Waals surface area (Å²) in [6.07, 6.45) is 9.34. The molecular weight excluding hydrogens is 340 g/mol. The summed E-state index contributed by atoms with van der Waals surface area (Å²) in [4.78, 5) is 23.7. The Hall–Kier alpha value is -0.900. The maximum Gasteiger partial charge on any atom is 0.302 e. The number of carbonyl (C=O) groups is 2. The molecule has 1 N–H and O–H groups in total. The van der Waals surface area contributed by atoms with E-state index in [9.17, 15) is 14.7 Å². The molecule has 0 heterocycles. The van der Waals surface area contributed by atoms with Crippen molar-refractivity contribution in [3.63, 3.8) is 0 Å². The molecule has 4 aliphatic carbocycles. The molecule has 0 spiro atoms. The first kappa shape index (κ1) is 19.4. The second-order valence-electron chi connectivity index (χ2n) is 10.6. The Kier molecular flexibility index (Phi) is 4.53. The van der Waals surface area contributed by atoms with Crippen LogP contribution < -0.4 is 0 Å². The highest BCUT2D eigenvalue weighted by Crippen LogP contribution is 2.68. The lowest BCUT2D eigenvalue weighted by Crippen LogP contribution is -2.58. The highest BCUT2D eigenvalue weighted by molar-refractivity contribution is 5.86. The van der Waals surface area contributed by atoms with Gasteiger partial charge in [0.15, 0.2) is 5.78 Å². The largest absolute Gasteiger partial charge is 0.463 e. The standard InChI is InChI=1S/C23H36O4/c1-14(24)23(26)12-9-20-18-6-5-16-13-17(27-15(2)25)7-10-21(16,3)19(18)8-11-22(20,23)4/h16-20,26H,5-13H2,1-4H3. The molecule has 152 valence electrons. The Bertz CT molecular complexity index is 644. The van der Waals surface area contributed by atoms with Gasteiger partial charge in [-0.25, -0.2) is 0 Å². The first-order valence-corrected chi connectivity index (χ1v) is 11.0. The topological polar surface area (TPSA) is 63.6 Å². The predicted molar refractivity (Wildman–Crippen MR) is 103 cm³/mol. The Labute approximate surface area is 163 Å². The molecule has 27 heavy (non-hydrogen) atoms. The third-order valence-electron chi connectivity index (χ3n) is 9.68. The van der Waals surface area contributed by atoms with Crippen molar-refractivity contribution in [3.8, 4) is 0 Å². The number of carbonyl (C=O) groups excluding carboxylic acids is 2. The summed E-state index contributed by atoms with van der Waals surface area (Å²) in [5, 5.41) is 11.2. The van der Waals surface area contributed by atoms with Gasteiger partial charge in [-0.3, -0.25) is 9.59 Å². The van der Waals surface area contributed by atoms with Gasteiger partial charge < -0.3 is 9.84 Å². The fraction of sp³-hybridized carbons (Fsp3) is 0.913. The molecule has 4 saturated carbocycles. The van der Waals surface area contributed by atoms with Crippen molar-refractivity contribution in [2.45, 2.75) is 97.2 Å². The summed E-state index contributed by atoms with van der Waals surface area (Å²) in [7, 11) is 0. The Morgan fingerprint density at radius 3 is 2.30 bits per heavy atom. The van der Waals surface area contributed by atoms with Gasteiger partial charge in [-0.2, -0.15) is 0 Å². The SMILES string of the molecule is CC(=O)OC1CCC2(C)C(CCC3C2CCC2(C)C3CCC2(O)C(C)=O)C1. The van der Waals surface area contributed by atoms with Crippen LogP contribution in [-0.4, -0.2) is 28.6 Å². The zero-order valence-corrected chi connectivity index (χ0v) is 17.4. The fourth-order valence-electron chi connectivity index (χ4n) is 8.15. The second-order valence-corrected chi connectivity index (χ2v) is 10.6. The van der Waals surface area contributed by atoms with Crippen LogP contribution in [0.2, 0.25) is 0 Å². The van der Waals surface area contributed by atoms with Crippen LogP contribution >= 0.6 is 0 Å². The van der Waals surface area contributed by atoms with E-state index in [1.807, 2.05) is 0 Å². The molecule has 0 aromatic rings. The third kappa shape index (κ3) is 2.65. The summed E-state index contributed by atoms with van der Waals surface area (Å²) < 4.78 is 5.55. The minimum absolute atomic E-state index is 0.0345. The molecule has 4 rings (SSSR count). The molecule has 0 aromatic heterocycles. The van der Waals surface area contributed by atoms with Crippen molar-refractivity contribution < 1.29 is 19.4 Å².